The molecule has 0 aliphatic carbocycles. The molecule has 0 fully saturated rings. The quantitative estimate of drug-likeness (QED) is 0.192. The third-order valence-electron chi connectivity index (χ3n) is 4.67. The Bertz CT molecular complexity index is 1350. The number of benzene rings is 3. The predicted octanol–water partition coefficient (Wildman–Crippen LogP) is 6.07. The average Bonchev–Trinajstić information content (AvgIpc) is 3.03. The minimum absolute atomic E-state index is 0.0506. The number of hydrogen-bond donors (Lipinski definition) is 2. The van der Waals surface area contributed by atoms with E-state index < -0.39 is 4.92 Å². The highest BCUT2D eigenvalue weighted by Crippen LogP contribution is 2.41. The summed E-state index contributed by atoms with van der Waals surface area (Å²) in [6.07, 6.45) is 0. The van der Waals surface area contributed by atoms with Crippen LogP contribution in [0, 0.1) is 10.1 Å². The van der Waals surface area contributed by atoms with E-state index in [-0.39, 0.29) is 35.4 Å². The fourth-order valence-corrected chi connectivity index (χ4v) is 3.59. The van der Waals surface area contributed by atoms with Gasteiger partial charge >= 0.3 is 0 Å². The first kappa shape index (κ1) is 21.2. The van der Waals surface area contributed by atoms with Crippen LogP contribution in [0.3, 0.4) is 0 Å². The monoisotopic (exact) mass is 493 g/mol. The number of para-hydroxylation sites is 2. The Labute approximate surface area is 190 Å². The van der Waals surface area contributed by atoms with Crippen LogP contribution in [-0.4, -0.2) is 20.5 Å². The van der Waals surface area contributed by atoms with E-state index >= 15 is 0 Å². The summed E-state index contributed by atoms with van der Waals surface area (Å²) in [4.78, 5) is 23.3. The van der Waals surface area contributed by atoms with Crippen molar-refractivity contribution >= 4 is 55.5 Å². The van der Waals surface area contributed by atoms with E-state index in [1.807, 2.05) is 6.07 Å². The maximum Gasteiger partial charge on any atom is 0.296 e. The lowest BCUT2D eigenvalue weighted by molar-refractivity contribution is -0.384. The van der Waals surface area contributed by atoms with Crippen LogP contribution < -0.4 is 5.32 Å². The number of anilines is 1. The minimum atomic E-state index is -0.554. The van der Waals surface area contributed by atoms with Crippen LogP contribution in [0.1, 0.15) is 0 Å². The van der Waals surface area contributed by atoms with Gasteiger partial charge in [-0.3, -0.25) is 14.9 Å². The van der Waals surface area contributed by atoms with Gasteiger partial charge in [0.15, 0.2) is 11.4 Å². The number of carbonyl (C=O) groups excluding carboxylic acids is 1. The van der Waals surface area contributed by atoms with Crippen molar-refractivity contribution in [2.24, 2.45) is 10.2 Å². The van der Waals surface area contributed by atoms with Crippen LogP contribution in [0.15, 0.2) is 87.5 Å². The number of aromatic hydroxyl groups is 1. The van der Waals surface area contributed by atoms with E-state index in [4.69, 9.17) is 0 Å². The molecule has 0 unspecified atom stereocenters. The number of nitrogens with zero attached hydrogens (tertiary/aromatic N) is 4. The number of nitro benzene ring substituents is 1. The second-order valence-corrected chi connectivity index (χ2v) is 7.70. The molecule has 0 saturated heterocycles. The molecule has 0 atom stereocenters. The number of hydrogen-bond acceptors (Lipinski definition) is 6. The Kier molecular flexibility index (Phi) is 5.95. The van der Waals surface area contributed by atoms with Crippen LogP contribution >= 0.6 is 15.9 Å². The second-order valence-electron chi connectivity index (χ2n) is 6.78. The van der Waals surface area contributed by atoms with Gasteiger partial charge in [-0.2, -0.15) is 0 Å². The smallest absolute Gasteiger partial charge is 0.296 e. The van der Waals surface area contributed by atoms with Crippen molar-refractivity contribution in [1.82, 2.24) is 4.57 Å². The molecule has 160 valence electrons. The zero-order chi connectivity index (χ0) is 22.7. The Morgan fingerprint density at radius 2 is 1.78 bits per heavy atom. The van der Waals surface area contributed by atoms with E-state index in [9.17, 15) is 20.0 Å². The fraction of sp³-hybridized carbons (Fsp3) is 0.0455. The second kappa shape index (κ2) is 8.98. The molecule has 1 heterocycles. The standard InChI is InChI=1S/C22H16BrN5O4/c23-14-10-11-18-16(12-14)21(26-25-17-8-4-5-9-19(17)28(31)32)22(30)27(18)13-20(29)24-15-6-2-1-3-7-15/h1-12,30H,13H2,(H,24,29). The van der Waals surface area contributed by atoms with Crippen LogP contribution in [0.25, 0.3) is 10.9 Å². The van der Waals surface area contributed by atoms with Crippen molar-refractivity contribution in [1.29, 1.82) is 0 Å². The summed E-state index contributed by atoms with van der Waals surface area (Å²) < 4.78 is 2.14. The van der Waals surface area contributed by atoms with E-state index in [2.05, 4.69) is 31.5 Å². The van der Waals surface area contributed by atoms with Gasteiger partial charge in [-0.1, -0.05) is 46.3 Å². The van der Waals surface area contributed by atoms with E-state index in [0.717, 1.165) is 4.47 Å². The highest BCUT2D eigenvalue weighted by Gasteiger charge is 2.20. The van der Waals surface area contributed by atoms with E-state index in [1.54, 1.807) is 48.5 Å². The Balaban J connectivity index is 1.72. The summed E-state index contributed by atoms with van der Waals surface area (Å²) >= 11 is 3.39. The summed E-state index contributed by atoms with van der Waals surface area (Å²) in [5.74, 6) is -0.614. The van der Waals surface area contributed by atoms with Crippen LogP contribution in [-0.2, 0) is 11.3 Å². The molecule has 0 spiro atoms. The SMILES string of the molecule is O=C(Cn1c(O)c(N=Nc2ccccc2[N+](=O)[O-])c2cc(Br)ccc21)Nc1ccccc1. The normalized spacial score (nSPS) is 11.2. The third-order valence-corrected chi connectivity index (χ3v) is 5.16. The fourth-order valence-electron chi connectivity index (χ4n) is 3.23. The zero-order valence-corrected chi connectivity index (χ0v) is 18.1. The maximum atomic E-state index is 12.6. The molecular weight excluding hydrogens is 478 g/mol. The lowest BCUT2D eigenvalue weighted by Gasteiger charge is -2.08. The number of fused-ring (bicyclic) bond motifs is 1. The Hall–Kier alpha value is -4.05. The zero-order valence-electron chi connectivity index (χ0n) is 16.5. The number of amides is 1. The molecule has 1 aromatic heterocycles. The first-order valence-corrected chi connectivity index (χ1v) is 10.2. The number of aromatic nitrogens is 1. The van der Waals surface area contributed by atoms with Gasteiger partial charge in [-0.05, 0) is 36.4 Å². The van der Waals surface area contributed by atoms with Crippen molar-refractivity contribution in [3.63, 3.8) is 0 Å². The van der Waals surface area contributed by atoms with Gasteiger partial charge in [0, 0.05) is 21.6 Å². The van der Waals surface area contributed by atoms with Gasteiger partial charge in [-0.15, -0.1) is 10.2 Å². The van der Waals surface area contributed by atoms with Gasteiger partial charge in [-0.25, -0.2) is 0 Å². The van der Waals surface area contributed by atoms with Gasteiger partial charge in [0.1, 0.15) is 6.54 Å². The van der Waals surface area contributed by atoms with Crippen LogP contribution in [0.5, 0.6) is 5.88 Å². The molecule has 1 amide bonds. The average molecular weight is 494 g/mol. The van der Waals surface area contributed by atoms with Crippen LogP contribution in [0.4, 0.5) is 22.7 Å². The number of nitrogens with one attached hydrogen (secondary N) is 1. The molecule has 32 heavy (non-hydrogen) atoms. The third kappa shape index (κ3) is 4.35. The number of azo groups is 1. The maximum absolute atomic E-state index is 12.6. The number of halogens is 1. The van der Waals surface area contributed by atoms with Gasteiger partial charge < -0.3 is 15.0 Å². The molecular formula is C22H16BrN5O4. The molecule has 0 aliphatic rings. The Morgan fingerprint density at radius 3 is 2.53 bits per heavy atom. The van der Waals surface area contributed by atoms with E-state index in [1.165, 1.54) is 22.8 Å². The summed E-state index contributed by atoms with van der Waals surface area (Å²) in [5.41, 5.74) is 1.14. The first-order valence-electron chi connectivity index (χ1n) is 9.45. The minimum Gasteiger partial charge on any atom is -0.493 e. The highest BCUT2D eigenvalue weighted by molar-refractivity contribution is 9.10. The molecule has 4 rings (SSSR count). The van der Waals surface area contributed by atoms with Crippen molar-refractivity contribution in [3.05, 3.63) is 87.4 Å². The lowest BCUT2D eigenvalue weighted by Crippen LogP contribution is -2.18. The molecule has 0 aliphatic heterocycles. The van der Waals surface area contributed by atoms with Gasteiger partial charge in [0.05, 0.1) is 10.4 Å². The van der Waals surface area contributed by atoms with Crippen molar-refractivity contribution in [2.45, 2.75) is 6.54 Å². The van der Waals surface area contributed by atoms with Gasteiger partial charge in [0.25, 0.3) is 5.69 Å². The summed E-state index contributed by atoms with van der Waals surface area (Å²) in [5, 5.41) is 33.5. The lowest BCUT2D eigenvalue weighted by atomic mass is 10.2. The van der Waals surface area contributed by atoms with Crippen molar-refractivity contribution in [2.75, 3.05) is 5.32 Å². The number of carbonyl (C=O) groups is 1. The summed E-state index contributed by atoms with van der Waals surface area (Å²) in [6, 6.07) is 20.1. The molecule has 0 radical (unpaired) electrons. The molecule has 10 heteroatoms. The molecule has 2 N–H and O–H groups in total. The first-order chi connectivity index (χ1) is 15.4. The predicted molar refractivity (Wildman–Crippen MR) is 124 cm³/mol. The molecule has 0 bridgehead atoms. The number of rotatable bonds is 6. The highest BCUT2D eigenvalue weighted by atomic mass is 79.9. The largest absolute Gasteiger partial charge is 0.493 e. The van der Waals surface area contributed by atoms with Gasteiger partial charge in [0.2, 0.25) is 11.8 Å². The molecule has 9 nitrogen and oxygen atoms in total. The van der Waals surface area contributed by atoms with Crippen molar-refractivity contribution in [3.8, 4) is 5.88 Å². The number of nitro groups is 1. The summed E-state index contributed by atoms with van der Waals surface area (Å²) in [6.45, 7) is -0.167. The van der Waals surface area contributed by atoms with E-state index in [0.29, 0.717) is 16.6 Å². The Morgan fingerprint density at radius 1 is 1.06 bits per heavy atom. The van der Waals surface area contributed by atoms with Crippen molar-refractivity contribution < 1.29 is 14.8 Å². The topological polar surface area (TPSA) is 122 Å². The molecule has 4 aromatic rings. The summed E-state index contributed by atoms with van der Waals surface area (Å²) in [7, 11) is 0. The van der Waals surface area contributed by atoms with Crippen LogP contribution in [0.2, 0.25) is 0 Å². The molecule has 3 aromatic carbocycles. The molecule has 0 saturated carbocycles.